The molecule has 0 saturated carbocycles. The first-order chi connectivity index (χ1) is 13.2. The van der Waals surface area contributed by atoms with Crippen molar-refractivity contribution in [3.05, 3.63) is 0 Å². The van der Waals surface area contributed by atoms with Crippen LogP contribution in [0, 0.1) is 0 Å². The number of hydrogen-bond acceptors (Lipinski definition) is 13. The van der Waals surface area contributed by atoms with E-state index in [0.717, 1.165) is 0 Å². The molecular formula is C15H26O13. The standard InChI is InChI=1S/C15H26O13/c16-4-2-25-14(10(22)7(4)19)28-12-9(21)6(18)3-26-15(12)27-11-8(20)5(17)1-24-13(11)23/h4-23H,1-3H2/t4-,5-,6-,7-,8-,9-,10+,11+,12+,13+,14-,15-/m0/s1. The third-order valence-corrected chi connectivity index (χ3v) is 4.92. The van der Waals surface area contributed by atoms with E-state index < -0.39 is 73.8 Å². The summed E-state index contributed by atoms with van der Waals surface area (Å²) in [4.78, 5) is 0. The zero-order valence-corrected chi connectivity index (χ0v) is 14.7. The van der Waals surface area contributed by atoms with Crippen molar-refractivity contribution in [3.63, 3.8) is 0 Å². The Morgan fingerprint density at radius 2 is 0.964 bits per heavy atom. The average molecular weight is 414 g/mol. The third kappa shape index (κ3) is 4.46. The van der Waals surface area contributed by atoms with Crippen molar-refractivity contribution in [1.82, 2.24) is 0 Å². The molecule has 28 heavy (non-hydrogen) atoms. The third-order valence-electron chi connectivity index (χ3n) is 4.92. The van der Waals surface area contributed by atoms with E-state index in [1.54, 1.807) is 0 Å². The summed E-state index contributed by atoms with van der Waals surface area (Å²) >= 11 is 0. The van der Waals surface area contributed by atoms with Crippen molar-refractivity contribution in [2.75, 3.05) is 19.8 Å². The molecule has 164 valence electrons. The first-order valence-corrected chi connectivity index (χ1v) is 8.81. The van der Waals surface area contributed by atoms with Crippen LogP contribution >= 0.6 is 0 Å². The number of hydrogen-bond donors (Lipinski definition) is 8. The molecule has 13 heteroatoms. The largest absolute Gasteiger partial charge is 0.388 e. The predicted molar refractivity (Wildman–Crippen MR) is 83.2 cm³/mol. The zero-order valence-electron chi connectivity index (χ0n) is 14.7. The van der Waals surface area contributed by atoms with Crippen molar-refractivity contribution in [2.24, 2.45) is 0 Å². The normalized spacial score (nSPS) is 53.1. The molecule has 0 unspecified atom stereocenters. The Morgan fingerprint density at radius 3 is 1.61 bits per heavy atom. The molecule has 3 aliphatic rings. The lowest BCUT2D eigenvalue weighted by molar-refractivity contribution is -0.368. The number of ether oxygens (including phenoxy) is 5. The maximum absolute atomic E-state index is 10.3. The molecule has 0 aromatic heterocycles. The van der Waals surface area contributed by atoms with Crippen LogP contribution in [0.3, 0.4) is 0 Å². The average Bonchev–Trinajstić information content (AvgIpc) is 2.67. The van der Waals surface area contributed by atoms with Gasteiger partial charge in [-0.2, -0.15) is 0 Å². The molecule has 3 rings (SSSR count). The van der Waals surface area contributed by atoms with Crippen LogP contribution in [0.25, 0.3) is 0 Å². The smallest absolute Gasteiger partial charge is 0.187 e. The summed E-state index contributed by atoms with van der Waals surface area (Å²) < 4.78 is 26.1. The predicted octanol–water partition coefficient (Wildman–Crippen LogP) is -5.66. The van der Waals surface area contributed by atoms with Gasteiger partial charge in [0.2, 0.25) is 0 Å². The highest BCUT2D eigenvalue weighted by Gasteiger charge is 2.49. The molecule has 0 aromatic rings. The first-order valence-electron chi connectivity index (χ1n) is 8.81. The highest BCUT2D eigenvalue weighted by molar-refractivity contribution is 4.90. The molecule has 0 bridgehead atoms. The monoisotopic (exact) mass is 414 g/mol. The van der Waals surface area contributed by atoms with E-state index in [1.807, 2.05) is 0 Å². The topological polar surface area (TPSA) is 208 Å². The zero-order chi connectivity index (χ0) is 20.6. The maximum atomic E-state index is 10.3. The second kappa shape index (κ2) is 9.09. The molecule has 0 aromatic carbocycles. The SMILES string of the molecule is O[C@@H]1[C@@H](O)[C@H](O[C@H]2[C@H](O[C@@H]3[C@@H](O)[C@@H](O)CO[C@H]3O)OC[C@H](O)[C@@H]2O)OC[C@@H]1O. The Morgan fingerprint density at radius 1 is 0.500 bits per heavy atom. The van der Waals surface area contributed by atoms with Gasteiger partial charge in [0.1, 0.15) is 54.9 Å². The summed E-state index contributed by atoms with van der Waals surface area (Å²) in [5.74, 6) is 0. The van der Waals surface area contributed by atoms with Crippen LogP contribution in [-0.2, 0) is 23.7 Å². The summed E-state index contributed by atoms with van der Waals surface area (Å²) in [6.07, 6.45) is -18.0. The van der Waals surface area contributed by atoms with Crippen molar-refractivity contribution in [3.8, 4) is 0 Å². The van der Waals surface area contributed by atoms with Crippen LogP contribution < -0.4 is 0 Å². The molecule has 0 amide bonds. The van der Waals surface area contributed by atoms with Gasteiger partial charge < -0.3 is 64.5 Å². The molecule has 3 fully saturated rings. The quantitative estimate of drug-likeness (QED) is 0.216. The Bertz CT molecular complexity index is 508. The van der Waals surface area contributed by atoms with Crippen LogP contribution in [0.4, 0.5) is 0 Å². The van der Waals surface area contributed by atoms with Crippen LogP contribution in [-0.4, -0.2) is 134 Å². The summed E-state index contributed by atoms with van der Waals surface area (Å²) in [6.45, 7) is -1.05. The van der Waals surface area contributed by atoms with E-state index in [-0.39, 0.29) is 19.8 Å². The Kier molecular flexibility index (Phi) is 7.20. The van der Waals surface area contributed by atoms with Crippen LogP contribution in [0.15, 0.2) is 0 Å². The second-order valence-corrected chi connectivity index (χ2v) is 6.99. The summed E-state index contributed by atoms with van der Waals surface area (Å²) in [5.41, 5.74) is 0. The van der Waals surface area contributed by atoms with Gasteiger partial charge in [0, 0.05) is 0 Å². The van der Waals surface area contributed by atoms with E-state index in [4.69, 9.17) is 23.7 Å². The summed E-state index contributed by atoms with van der Waals surface area (Å²) in [5, 5.41) is 78.9. The van der Waals surface area contributed by atoms with Gasteiger partial charge in [-0.3, -0.25) is 0 Å². The number of aliphatic hydroxyl groups is 8. The van der Waals surface area contributed by atoms with Gasteiger partial charge in [0.05, 0.1) is 19.8 Å². The van der Waals surface area contributed by atoms with Crippen molar-refractivity contribution in [2.45, 2.75) is 73.8 Å². The molecule has 3 aliphatic heterocycles. The molecule has 0 spiro atoms. The molecule has 13 nitrogen and oxygen atoms in total. The number of rotatable bonds is 4. The van der Waals surface area contributed by atoms with E-state index in [2.05, 4.69) is 0 Å². The van der Waals surface area contributed by atoms with Crippen molar-refractivity contribution < 1.29 is 64.5 Å². The van der Waals surface area contributed by atoms with Gasteiger partial charge in [0.25, 0.3) is 0 Å². The minimum Gasteiger partial charge on any atom is -0.388 e. The van der Waals surface area contributed by atoms with E-state index in [0.29, 0.717) is 0 Å². The number of aliphatic hydroxyl groups excluding tert-OH is 8. The van der Waals surface area contributed by atoms with Crippen LogP contribution in [0.2, 0.25) is 0 Å². The van der Waals surface area contributed by atoms with Crippen LogP contribution in [0.5, 0.6) is 0 Å². The summed E-state index contributed by atoms with van der Waals surface area (Å²) in [7, 11) is 0. The highest BCUT2D eigenvalue weighted by atomic mass is 16.8. The first kappa shape index (κ1) is 22.2. The Labute approximate surface area is 159 Å². The van der Waals surface area contributed by atoms with Crippen molar-refractivity contribution in [1.29, 1.82) is 0 Å². The van der Waals surface area contributed by atoms with Crippen molar-refractivity contribution >= 4 is 0 Å². The summed E-state index contributed by atoms with van der Waals surface area (Å²) in [6, 6.07) is 0. The fraction of sp³-hybridized carbons (Fsp3) is 1.00. The second-order valence-electron chi connectivity index (χ2n) is 6.99. The van der Waals surface area contributed by atoms with E-state index in [1.165, 1.54) is 0 Å². The Balaban J connectivity index is 1.72. The fourth-order valence-corrected chi connectivity index (χ4v) is 3.16. The van der Waals surface area contributed by atoms with Gasteiger partial charge in [-0.05, 0) is 0 Å². The van der Waals surface area contributed by atoms with E-state index in [9.17, 15) is 40.9 Å². The van der Waals surface area contributed by atoms with E-state index >= 15 is 0 Å². The van der Waals surface area contributed by atoms with Gasteiger partial charge in [0.15, 0.2) is 18.9 Å². The van der Waals surface area contributed by atoms with Crippen LogP contribution in [0.1, 0.15) is 0 Å². The molecule has 8 N–H and O–H groups in total. The van der Waals surface area contributed by atoms with Gasteiger partial charge in [-0.15, -0.1) is 0 Å². The molecule has 0 aliphatic carbocycles. The highest BCUT2D eigenvalue weighted by Crippen LogP contribution is 2.28. The lowest BCUT2D eigenvalue weighted by Crippen LogP contribution is -2.62. The molecule has 3 heterocycles. The molecule has 3 saturated heterocycles. The Hall–Kier alpha value is -0.520. The van der Waals surface area contributed by atoms with Gasteiger partial charge in [-0.25, -0.2) is 0 Å². The maximum Gasteiger partial charge on any atom is 0.187 e. The van der Waals surface area contributed by atoms with Gasteiger partial charge in [-0.1, -0.05) is 0 Å². The van der Waals surface area contributed by atoms with Gasteiger partial charge >= 0.3 is 0 Å². The minimum absolute atomic E-state index is 0.322. The lowest BCUT2D eigenvalue weighted by Gasteiger charge is -2.44. The molecule has 12 atom stereocenters. The molecular weight excluding hydrogens is 388 g/mol. The lowest BCUT2D eigenvalue weighted by atomic mass is 10.0. The molecule has 0 radical (unpaired) electrons. The fourth-order valence-electron chi connectivity index (χ4n) is 3.16. The minimum atomic E-state index is -1.67.